The lowest BCUT2D eigenvalue weighted by Gasteiger charge is -1.99. The molecule has 0 amide bonds. The minimum Gasteiger partial charge on any atom is -0.481 e. The Morgan fingerprint density at radius 2 is 1.92 bits per heavy atom. The third-order valence-corrected chi connectivity index (χ3v) is 1.48. The summed E-state index contributed by atoms with van der Waals surface area (Å²) in [5.74, 6) is -0.819. The minimum atomic E-state index is -0.819. The quantitative estimate of drug-likeness (QED) is 0.492. The minimum absolute atomic E-state index is 0.125. The second kappa shape index (κ2) is 5.83. The zero-order valence-electron chi connectivity index (χ0n) is 6.75. The molecule has 0 saturated heterocycles. The molecule has 0 rings (SSSR count). The Morgan fingerprint density at radius 3 is 2.33 bits per heavy atom. The summed E-state index contributed by atoms with van der Waals surface area (Å²) in [6.45, 7) is 3.63. The number of carbonyl (C=O) groups is 2. The van der Waals surface area contributed by atoms with Crippen molar-refractivity contribution in [3.63, 3.8) is 0 Å². The van der Waals surface area contributed by atoms with E-state index in [1.54, 1.807) is 0 Å². The molecule has 0 radical (unpaired) electrons. The smallest absolute Gasteiger partial charge is 0.303 e. The van der Waals surface area contributed by atoms with Crippen molar-refractivity contribution >= 4 is 23.7 Å². The molecular weight excluding hydrogens is 176 g/mol. The van der Waals surface area contributed by atoms with Gasteiger partial charge in [0.1, 0.15) is 0 Å². The number of thiol groups is 1. The van der Waals surface area contributed by atoms with E-state index < -0.39 is 5.97 Å². The zero-order valence-corrected chi connectivity index (χ0v) is 7.64. The molecule has 0 spiro atoms. The third kappa shape index (κ3) is 7.34. The van der Waals surface area contributed by atoms with Crippen molar-refractivity contribution in [1.82, 2.24) is 0 Å². The zero-order chi connectivity index (χ0) is 9.56. The molecule has 0 aliphatic rings. The van der Waals surface area contributed by atoms with E-state index in [0.717, 1.165) is 5.57 Å². The van der Waals surface area contributed by atoms with Gasteiger partial charge in [0, 0.05) is 12.8 Å². The van der Waals surface area contributed by atoms with Crippen LogP contribution in [0, 0.1) is 0 Å². The molecular formula is C8H12O3S. The van der Waals surface area contributed by atoms with Crippen molar-refractivity contribution in [2.45, 2.75) is 25.7 Å². The SMILES string of the molecule is C=C(CCCC(=O)O)CC(=O)S. The van der Waals surface area contributed by atoms with Gasteiger partial charge >= 0.3 is 5.97 Å². The molecule has 0 aromatic rings. The van der Waals surface area contributed by atoms with Gasteiger partial charge in [-0.25, -0.2) is 0 Å². The maximum Gasteiger partial charge on any atom is 0.303 e. The maximum absolute atomic E-state index is 10.4. The Kier molecular flexibility index (Phi) is 5.45. The average molecular weight is 188 g/mol. The van der Waals surface area contributed by atoms with E-state index in [0.29, 0.717) is 12.8 Å². The Bertz CT molecular complexity index is 198. The second-order valence-corrected chi connectivity index (χ2v) is 3.07. The fourth-order valence-corrected chi connectivity index (χ4v) is 1.02. The molecule has 0 atom stereocenters. The van der Waals surface area contributed by atoms with Gasteiger partial charge in [-0.05, 0) is 12.8 Å². The summed E-state index contributed by atoms with van der Waals surface area (Å²) in [5, 5.41) is 8.07. The van der Waals surface area contributed by atoms with E-state index in [4.69, 9.17) is 5.11 Å². The Balaban J connectivity index is 3.44. The van der Waals surface area contributed by atoms with Crippen LogP contribution in [0.2, 0.25) is 0 Å². The van der Waals surface area contributed by atoms with Crippen molar-refractivity contribution in [3.8, 4) is 0 Å². The molecule has 68 valence electrons. The molecule has 0 fully saturated rings. The largest absolute Gasteiger partial charge is 0.481 e. The van der Waals surface area contributed by atoms with E-state index in [1.807, 2.05) is 0 Å². The summed E-state index contributed by atoms with van der Waals surface area (Å²) in [5.41, 5.74) is 0.747. The third-order valence-electron chi connectivity index (χ3n) is 1.32. The molecule has 3 nitrogen and oxygen atoms in total. The topological polar surface area (TPSA) is 54.4 Å². The highest BCUT2D eigenvalue weighted by atomic mass is 32.1. The standard InChI is InChI=1S/C8H12O3S/c1-6(5-8(11)12)3-2-4-7(9)10/h1-5H2,(H,9,10)(H,11,12). The predicted molar refractivity (Wildman–Crippen MR) is 49.2 cm³/mol. The molecule has 0 heterocycles. The normalized spacial score (nSPS) is 9.42. The fourth-order valence-electron chi connectivity index (χ4n) is 0.792. The Morgan fingerprint density at radius 1 is 1.33 bits per heavy atom. The predicted octanol–water partition coefficient (Wildman–Crippen LogP) is 1.64. The number of carbonyl (C=O) groups excluding carboxylic acids is 1. The molecule has 0 aromatic heterocycles. The van der Waals surface area contributed by atoms with Crippen LogP contribution in [0.3, 0.4) is 0 Å². The van der Waals surface area contributed by atoms with E-state index in [2.05, 4.69) is 19.2 Å². The van der Waals surface area contributed by atoms with E-state index >= 15 is 0 Å². The number of hydrogen-bond donors (Lipinski definition) is 2. The fraction of sp³-hybridized carbons (Fsp3) is 0.500. The van der Waals surface area contributed by atoms with Crippen LogP contribution in [0.4, 0.5) is 0 Å². The van der Waals surface area contributed by atoms with E-state index in [9.17, 15) is 9.59 Å². The van der Waals surface area contributed by atoms with Crippen LogP contribution >= 0.6 is 12.6 Å². The molecule has 0 aromatic carbocycles. The van der Waals surface area contributed by atoms with Crippen molar-refractivity contribution in [3.05, 3.63) is 12.2 Å². The summed E-state index contributed by atoms with van der Waals surface area (Å²) in [4.78, 5) is 20.5. The van der Waals surface area contributed by atoms with Gasteiger partial charge in [-0.15, -0.1) is 12.6 Å². The lowest BCUT2D eigenvalue weighted by Crippen LogP contribution is -1.96. The first-order valence-corrected chi connectivity index (χ1v) is 4.07. The molecule has 0 bridgehead atoms. The summed E-state index contributed by atoms with van der Waals surface area (Å²) in [6.07, 6.45) is 1.48. The van der Waals surface area contributed by atoms with Gasteiger partial charge in [-0.3, -0.25) is 9.59 Å². The van der Waals surface area contributed by atoms with Crippen LogP contribution in [0.5, 0.6) is 0 Å². The Labute approximate surface area is 76.9 Å². The van der Waals surface area contributed by atoms with Gasteiger partial charge in [0.2, 0.25) is 0 Å². The summed E-state index contributed by atoms with van der Waals surface area (Å²) in [6, 6.07) is 0. The summed E-state index contributed by atoms with van der Waals surface area (Å²) >= 11 is 3.58. The molecule has 0 aliphatic carbocycles. The van der Waals surface area contributed by atoms with Crippen LogP contribution in [-0.4, -0.2) is 16.2 Å². The molecule has 0 saturated carbocycles. The first-order valence-electron chi connectivity index (χ1n) is 3.62. The number of hydrogen-bond acceptors (Lipinski definition) is 2. The average Bonchev–Trinajstić information content (AvgIpc) is 1.84. The molecule has 12 heavy (non-hydrogen) atoms. The van der Waals surface area contributed by atoms with Gasteiger partial charge in [0.05, 0.1) is 0 Å². The lowest BCUT2D eigenvalue weighted by atomic mass is 10.1. The first-order chi connectivity index (χ1) is 5.52. The maximum atomic E-state index is 10.4. The van der Waals surface area contributed by atoms with Crippen LogP contribution in [0.25, 0.3) is 0 Å². The number of carboxylic acids is 1. The van der Waals surface area contributed by atoms with Crippen LogP contribution in [0.1, 0.15) is 25.7 Å². The van der Waals surface area contributed by atoms with E-state index in [1.165, 1.54) is 0 Å². The van der Waals surface area contributed by atoms with Gasteiger partial charge < -0.3 is 5.11 Å². The summed E-state index contributed by atoms with van der Waals surface area (Å²) in [7, 11) is 0. The molecule has 0 aliphatic heterocycles. The molecule has 4 heteroatoms. The van der Waals surface area contributed by atoms with Crippen LogP contribution in [0.15, 0.2) is 12.2 Å². The lowest BCUT2D eigenvalue weighted by molar-refractivity contribution is -0.137. The highest BCUT2D eigenvalue weighted by molar-refractivity contribution is 7.96. The number of allylic oxidation sites excluding steroid dienone is 1. The second-order valence-electron chi connectivity index (χ2n) is 2.57. The number of carboxylic acid groups (broad SMARTS) is 1. The van der Waals surface area contributed by atoms with Gasteiger partial charge in [0.15, 0.2) is 5.12 Å². The van der Waals surface area contributed by atoms with Crippen molar-refractivity contribution in [1.29, 1.82) is 0 Å². The van der Waals surface area contributed by atoms with Crippen molar-refractivity contribution in [2.75, 3.05) is 0 Å². The van der Waals surface area contributed by atoms with Crippen LogP contribution < -0.4 is 0 Å². The van der Waals surface area contributed by atoms with Crippen molar-refractivity contribution < 1.29 is 14.7 Å². The number of rotatable bonds is 6. The van der Waals surface area contributed by atoms with Crippen molar-refractivity contribution in [2.24, 2.45) is 0 Å². The van der Waals surface area contributed by atoms with Gasteiger partial charge in [-0.2, -0.15) is 0 Å². The number of aliphatic carboxylic acids is 1. The highest BCUT2D eigenvalue weighted by Gasteiger charge is 2.01. The molecule has 0 unspecified atom stereocenters. The van der Waals surface area contributed by atoms with Crippen LogP contribution in [-0.2, 0) is 9.59 Å². The van der Waals surface area contributed by atoms with Gasteiger partial charge in [0.25, 0.3) is 0 Å². The highest BCUT2D eigenvalue weighted by Crippen LogP contribution is 2.10. The van der Waals surface area contributed by atoms with E-state index in [-0.39, 0.29) is 18.0 Å². The summed E-state index contributed by atoms with van der Waals surface area (Å²) < 4.78 is 0. The first kappa shape index (κ1) is 11.2. The molecule has 1 N–H and O–H groups in total. The Hall–Kier alpha value is -0.770. The monoisotopic (exact) mass is 188 g/mol. The van der Waals surface area contributed by atoms with Gasteiger partial charge in [-0.1, -0.05) is 12.2 Å².